The number of aromatic nitrogens is 2. The van der Waals surface area contributed by atoms with Gasteiger partial charge in [-0.3, -0.25) is 0 Å². The highest BCUT2D eigenvalue weighted by Crippen LogP contribution is 2.26. The van der Waals surface area contributed by atoms with Crippen LogP contribution in [0.5, 0.6) is 0 Å². The summed E-state index contributed by atoms with van der Waals surface area (Å²) < 4.78 is 0. The van der Waals surface area contributed by atoms with Crippen LogP contribution in [0.1, 0.15) is 0 Å². The molecule has 0 radical (unpaired) electrons. The van der Waals surface area contributed by atoms with Gasteiger partial charge in [-0.25, -0.2) is 4.98 Å². The van der Waals surface area contributed by atoms with Crippen molar-refractivity contribution in [3.8, 4) is 11.1 Å². The van der Waals surface area contributed by atoms with Crippen molar-refractivity contribution in [3.05, 3.63) is 60.8 Å². The Bertz CT molecular complexity index is 922. The van der Waals surface area contributed by atoms with Gasteiger partial charge in [0.2, 0.25) is 0 Å². The molecule has 0 saturated heterocycles. The van der Waals surface area contributed by atoms with Crippen LogP contribution in [0.2, 0.25) is 0 Å². The second kappa shape index (κ2) is 4.10. The molecule has 0 aliphatic rings. The Morgan fingerprint density at radius 3 is 2.55 bits per heavy atom. The lowest BCUT2D eigenvalue weighted by Gasteiger charge is -2.05. The second-order valence-corrected chi connectivity index (χ2v) is 4.92. The molecule has 0 aliphatic heterocycles. The number of hydrogen-bond acceptors (Lipinski definition) is 2. The van der Waals surface area contributed by atoms with Crippen molar-refractivity contribution < 1.29 is 0 Å². The summed E-state index contributed by atoms with van der Waals surface area (Å²) >= 11 is 0. The molecule has 0 fully saturated rings. The van der Waals surface area contributed by atoms with E-state index in [0.717, 1.165) is 16.4 Å². The smallest absolute Gasteiger partial charge is 0.124 e. The molecular formula is C17H13N3. The monoisotopic (exact) mass is 259 g/mol. The standard InChI is InChI=1S/C17H13N3/c18-17-6-4-14-9-12(3-5-15(14)20-17)13-2-1-11-7-8-19-16(11)10-13/h1-10,19H,(H2,18,20). The van der Waals surface area contributed by atoms with Crippen LogP contribution in [0, 0.1) is 0 Å². The maximum atomic E-state index is 5.71. The number of nitrogen functional groups attached to an aromatic ring is 1. The van der Waals surface area contributed by atoms with Crippen molar-refractivity contribution in [2.45, 2.75) is 0 Å². The van der Waals surface area contributed by atoms with Gasteiger partial charge in [0, 0.05) is 17.1 Å². The summed E-state index contributed by atoms with van der Waals surface area (Å²) in [6, 6.07) is 18.6. The van der Waals surface area contributed by atoms with Crippen molar-refractivity contribution in [2.75, 3.05) is 5.73 Å². The Morgan fingerprint density at radius 2 is 1.60 bits per heavy atom. The molecule has 0 atom stereocenters. The van der Waals surface area contributed by atoms with Gasteiger partial charge in [0.15, 0.2) is 0 Å². The van der Waals surface area contributed by atoms with Crippen molar-refractivity contribution in [3.63, 3.8) is 0 Å². The van der Waals surface area contributed by atoms with Crippen LogP contribution >= 0.6 is 0 Å². The maximum absolute atomic E-state index is 5.71. The lowest BCUT2D eigenvalue weighted by Crippen LogP contribution is -1.89. The molecule has 0 saturated carbocycles. The Kier molecular flexibility index (Phi) is 2.27. The molecule has 0 bridgehead atoms. The quantitative estimate of drug-likeness (QED) is 0.543. The lowest BCUT2D eigenvalue weighted by molar-refractivity contribution is 1.41. The minimum Gasteiger partial charge on any atom is -0.384 e. The van der Waals surface area contributed by atoms with Gasteiger partial charge in [-0.05, 0) is 52.9 Å². The molecule has 0 aliphatic carbocycles. The van der Waals surface area contributed by atoms with E-state index in [-0.39, 0.29) is 0 Å². The van der Waals surface area contributed by atoms with E-state index in [9.17, 15) is 0 Å². The SMILES string of the molecule is Nc1ccc2cc(-c3ccc4cc[nH]c4c3)ccc2n1. The number of H-pyrrole nitrogens is 1. The summed E-state index contributed by atoms with van der Waals surface area (Å²) in [5.74, 6) is 0.554. The van der Waals surface area contributed by atoms with Gasteiger partial charge in [0.05, 0.1) is 5.52 Å². The molecule has 3 nitrogen and oxygen atoms in total. The highest BCUT2D eigenvalue weighted by Gasteiger charge is 2.03. The first-order valence-corrected chi connectivity index (χ1v) is 6.53. The number of fused-ring (bicyclic) bond motifs is 2. The first kappa shape index (κ1) is 11.1. The highest BCUT2D eigenvalue weighted by molar-refractivity contribution is 5.89. The van der Waals surface area contributed by atoms with Gasteiger partial charge in [0.1, 0.15) is 5.82 Å². The molecule has 3 N–H and O–H groups in total. The highest BCUT2D eigenvalue weighted by atomic mass is 14.8. The average Bonchev–Trinajstić information content (AvgIpc) is 2.94. The third-order valence-electron chi connectivity index (χ3n) is 3.60. The normalized spacial score (nSPS) is 11.2. The maximum Gasteiger partial charge on any atom is 0.124 e. The Hall–Kier alpha value is -2.81. The van der Waals surface area contributed by atoms with Crippen LogP contribution in [0.15, 0.2) is 60.8 Å². The van der Waals surface area contributed by atoms with Gasteiger partial charge in [-0.15, -0.1) is 0 Å². The zero-order chi connectivity index (χ0) is 13.5. The molecule has 20 heavy (non-hydrogen) atoms. The zero-order valence-corrected chi connectivity index (χ0v) is 10.8. The van der Waals surface area contributed by atoms with E-state index < -0.39 is 0 Å². The summed E-state index contributed by atoms with van der Waals surface area (Å²) in [6.07, 6.45) is 1.96. The van der Waals surface area contributed by atoms with Crippen LogP contribution < -0.4 is 5.73 Å². The molecule has 0 unspecified atom stereocenters. The van der Waals surface area contributed by atoms with Crippen LogP contribution in [-0.2, 0) is 0 Å². The number of rotatable bonds is 1. The topological polar surface area (TPSA) is 54.7 Å². The fraction of sp³-hybridized carbons (Fsp3) is 0. The van der Waals surface area contributed by atoms with Crippen molar-refractivity contribution in [1.29, 1.82) is 0 Å². The molecule has 0 amide bonds. The van der Waals surface area contributed by atoms with E-state index in [4.69, 9.17) is 5.73 Å². The van der Waals surface area contributed by atoms with Crippen LogP contribution in [0.4, 0.5) is 5.82 Å². The number of aromatic amines is 1. The van der Waals surface area contributed by atoms with Gasteiger partial charge in [-0.2, -0.15) is 0 Å². The van der Waals surface area contributed by atoms with E-state index in [0.29, 0.717) is 5.82 Å². The minimum atomic E-state index is 0.554. The molecule has 2 heterocycles. The fourth-order valence-corrected chi connectivity index (χ4v) is 2.55. The third-order valence-corrected chi connectivity index (χ3v) is 3.60. The van der Waals surface area contributed by atoms with E-state index >= 15 is 0 Å². The minimum absolute atomic E-state index is 0.554. The third kappa shape index (κ3) is 1.72. The van der Waals surface area contributed by atoms with Gasteiger partial charge < -0.3 is 10.7 Å². The Balaban J connectivity index is 1.90. The predicted molar refractivity (Wildman–Crippen MR) is 83.4 cm³/mol. The molecule has 2 aromatic carbocycles. The predicted octanol–water partition coefficient (Wildman–Crippen LogP) is 3.97. The number of nitrogens with two attached hydrogens (primary N) is 1. The Labute approximate surface area is 116 Å². The summed E-state index contributed by atoms with van der Waals surface area (Å²) in [5.41, 5.74) is 10.2. The summed E-state index contributed by atoms with van der Waals surface area (Å²) in [7, 11) is 0. The summed E-state index contributed by atoms with van der Waals surface area (Å²) in [6.45, 7) is 0. The number of anilines is 1. The lowest BCUT2D eigenvalue weighted by atomic mass is 10.0. The largest absolute Gasteiger partial charge is 0.384 e. The van der Waals surface area contributed by atoms with E-state index in [1.807, 2.05) is 24.4 Å². The van der Waals surface area contributed by atoms with Crippen LogP contribution in [0.3, 0.4) is 0 Å². The number of benzene rings is 2. The van der Waals surface area contributed by atoms with Crippen molar-refractivity contribution in [2.24, 2.45) is 0 Å². The first-order valence-electron chi connectivity index (χ1n) is 6.53. The van der Waals surface area contributed by atoms with Crippen molar-refractivity contribution in [1.82, 2.24) is 9.97 Å². The summed E-state index contributed by atoms with van der Waals surface area (Å²) in [4.78, 5) is 7.57. The van der Waals surface area contributed by atoms with E-state index in [2.05, 4.69) is 46.4 Å². The second-order valence-electron chi connectivity index (χ2n) is 4.92. The zero-order valence-electron chi connectivity index (χ0n) is 10.8. The van der Waals surface area contributed by atoms with Crippen LogP contribution in [0.25, 0.3) is 32.9 Å². The average molecular weight is 259 g/mol. The van der Waals surface area contributed by atoms with Gasteiger partial charge in [-0.1, -0.05) is 18.2 Å². The molecule has 4 aromatic rings. The molecule has 0 spiro atoms. The molecule has 2 aromatic heterocycles. The number of hydrogen-bond donors (Lipinski definition) is 2. The fourth-order valence-electron chi connectivity index (χ4n) is 2.55. The first-order chi connectivity index (χ1) is 9.79. The number of pyridine rings is 1. The summed E-state index contributed by atoms with van der Waals surface area (Å²) in [5, 5.41) is 2.33. The molecule has 96 valence electrons. The van der Waals surface area contributed by atoms with Gasteiger partial charge >= 0.3 is 0 Å². The van der Waals surface area contributed by atoms with Gasteiger partial charge in [0.25, 0.3) is 0 Å². The Morgan fingerprint density at radius 1 is 0.800 bits per heavy atom. The van der Waals surface area contributed by atoms with E-state index in [1.54, 1.807) is 0 Å². The number of nitrogens with zero attached hydrogens (tertiary/aromatic N) is 1. The molecule has 3 heteroatoms. The van der Waals surface area contributed by atoms with E-state index in [1.165, 1.54) is 16.5 Å². The molecular weight excluding hydrogens is 246 g/mol. The molecule has 4 rings (SSSR count). The van der Waals surface area contributed by atoms with Crippen LogP contribution in [-0.4, -0.2) is 9.97 Å². The van der Waals surface area contributed by atoms with Crippen molar-refractivity contribution >= 4 is 27.6 Å². The number of nitrogens with one attached hydrogen (secondary N) is 1.